The number of piperidine rings is 1. The molecule has 1 fully saturated rings. The zero-order chi connectivity index (χ0) is 25.7. The molecule has 10 heteroatoms. The molecule has 192 valence electrons. The van der Waals surface area contributed by atoms with Crippen molar-refractivity contribution in [2.45, 2.75) is 42.2 Å². The zero-order valence-electron chi connectivity index (χ0n) is 19.7. The van der Waals surface area contributed by atoms with Crippen LogP contribution in [0.5, 0.6) is 5.75 Å². The van der Waals surface area contributed by atoms with Gasteiger partial charge in [-0.05, 0) is 61.7 Å². The van der Waals surface area contributed by atoms with Gasteiger partial charge in [-0.3, -0.25) is 9.59 Å². The highest BCUT2D eigenvalue weighted by atomic mass is 32.2. The summed E-state index contributed by atoms with van der Waals surface area (Å²) in [5, 5.41) is 0. The van der Waals surface area contributed by atoms with Gasteiger partial charge in [-0.2, -0.15) is 18.1 Å². The molecule has 0 spiro atoms. The van der Waals surface area contributed by atoms with Crippen LogP contribution >= 0.6 is 11.8 Å². The SMILES string of the molecule is CCOC(=O)C1CCCN(C(=O)C=Cc2ccc(Sc3ccc4c(c3)CCOO4)c(C(F)(F)F)c2)C1. The Hall–Kier alpha value is -2.98. The first kappa shape index (κ1) is 26.1. The van der Waals surface area contributed by atoms with Gasteiger partial charge in [-0.25, -0.2) is 0 Å². The largest absolute Gasteiger partial charge is 0.466 e. The lowest BCUT2D eigenvalue weighted by atomic mass is 9.98. The Kier molecular flexibility index (Phi) is 8.25. The van der Waals surface area contributed by atoms with E-state index in [9.17, 15) is 22.8 Å². The second-order valence-electron chi connectivity index (χ2n) is 8.49. The van der Waals surface area contributed by atoms with Crippen LogP contribution in [0.15, 0.2) is 52.3 Å². The average Bonchev–Trinajstić information content (AvgIpc) is 2.87. The van der Waals surface area contributed by atoms with Gasteiger partial charge in [0.1, 0.15) is 0 Å². The maximum absolute atomic E-state index is 13.9. The Bertz CT molecular complexity index is 1150. The lowest BCUT2D eigenvalue weighted by Gasteiger charge is -2.30. The van der Waals surface area contributed by atoms with Crippen LogP contribution in [-0.2, 0) is 31.8 Å². The number of hydrogen-bond donors (Lipinski definition) is 0. The molecular weight excluding hydrogens is 495 g/mol. The van der Waals surface area contributed by atoms with Gasteiger partial charge in [0.15, 0.2) is 5.75 Å². The van der Waals surface area contributed by atoms with Crippen LogP contribution in [0.1, 0.15) is 36.5 Å². The lowest BCUT2D eigenvalue weighted by Crippen LogP contribution is -2.42. The van der Waals surface area contributed by atoms with E-state index in [1.54, 1.807) is 31.2 Å². The summed E-state index contributed by atoms with van der Waals surface area (Å²) in [6, 6.07) is 9.17. The maximum atomic E-state index is 13.9. The number of amides is 1. The zero-order valence-corrected chi connectivity index (χ0v) is 20.5. The molecule has 0 radical (unpaired) electrons. The maximum Gasteiger partial charge on any atom is 0.417 e. The predicted octanol–water partition coefficient (Wildman–Crippen LogP) is 5.54. The first-order chi connectivity index (χ1) is 17.2. The molecule has 2 aromatic carbocycles. The molecule has 6 nitrogen and oxygen atoms in total. The van der Waals surface area contributed by atoms with Crippen LogP contribution in [0.3, 0.4) is 0 Å². The van der Waals surface area contributed by atoms with Crippen LogP contribution in [-0.4, -0.2) is 43.1 Å². The number of benzene rings is 2. The number of esters is 1. The van der Waals surface area contributed by atoms with Crippen molar-refractivity contribution >= 4 is 29.7 Å². The second-order valence-corrected chi connectivity index (χ2v) is 9.60. The number of carbonyl (C=O) groups excluding carboxylic acids is 2. The van der Waals surface area contributed by atoms with Crippen molar-refractivity contribution in [3.8, 4) is 5.75 Å². The minimum atomic E-state index is -4.57. The van der Waals surface area contributed by atoms with Gasteiger partial charge >= 0.3 is 12.1 Å². The molecule has 1 unspecified atom stereocenters. The van der Waals surface area contributed by atoms with Crippen molar-refractivity contribution in [1.82, 2.24) is 4.90 Å². The van der Waals surface area contributed by atoms with E-state index in [-0.39, 0.29) is 41.4 Å². The Balaban J connectivity index is 1.48. The van der Waals surface area contributed by atoms with Crippen LogP contribution in [0.2, 0.25) is 0 Å². The summed E-state index contributed by atoms with van der Waals surface area (Å²) < 4.78 is 46.7. The average molecular weight is 522 g/mol. The monoisotopic (exact) mass is 521 g/mol. The summed E-state index contributed by atoms with van der Waals surface area (Å²) in [5.74, 6) is -0.501. The quantitative estimate of drug-likeness (QED) is 0.283. The van der Waals surface area contributed by atoms with Gasteiger partial charge in [0.25, 0.3) is 0 Å². The number of halogens is 3. The molecule has 0 N–H and O–H groups in total. The topological polar surface area (TPSA) is 65.1 Å². The molecule has 2 heterocycles. The molecule has 2 aliphatic heterocycles. The van der Waals surface area contributed by atoms with E-state index < -0.39 is 11.7 Å². The minimum Gasteiger partial charge on any atom is -0.466 e. The normalized spacial score (nSPS) is 18.0. The highest BCUT2D eigenvalue weighted by Gasteiger charge is 2.34. The van der Waals surface area contributed by atoms with E-state index >= 15 is 0 Å². The van der Waals surface area contributed by atoms with E-state index in [4.69, 9.17) is 14.5 Å². The Morgan fingerprint density at radius 3 is 2.83 bits per heavy atom. The Morgan fingerprint density at radius 2 is 2.06 bits per heavy atom. The first-order valence-electron chi connectivity index (χ1n) is 11.7. The summed E-state index contributed by atoms with van der Waals surface area (Å²) in [4.78, 5) is 36.9. The molecule has 2 aromatic rings. The molecule has 36 heavy (non-hydrogen) atoms. The number of likely N-dealkylation sites (tertiary alicyclic amines) is 1. The molecular formula is C26H26F3NO5S. The number of hydrogen-bond acceptors (Lipinski definition) is 6. The van der Waals surface area contributed by atoms with E-state index in [0.29, 0.717) is 43.1 Å². The van der Waals surface area contributed by atoms with Crippen molar-refractivity contribution in [2.75, 3.05) is 26.3 Å². The van der Waals surface area contributed by atoms with Gasteiger partial charge < -0.3 is 14.5 Å². The molecule has 4 rings (SSSR count). The van der Waals surface area contributed by atoms with Gasteiger partial charge in [-0.15, -0.1) is 0 Å². The van der Waals surface area contributed by atoms with Crippen molar-refractivity contribution in [1.29, 1.82) is 0 Å². The van der Waals surface area contributed by atoms with Gasteiger partial charge in [-0.1, -0.05) is 17.8 Å². The first-order valence-corrected chi connectivity index (χ1v) is 12.5. The number of rotatable bonds is 6. The molecule has 2 aliphatic rings. The number of alkyl halides is 3. The van der Waals surface area contributed by atoms with E-state index in [1.807, 2.05) is 0 Å². The number of fused-ring (bicyclic) bond motifs is 1. The van der Waals surface area contributed by atoms with Gasteiger partial charge in [0, 0.05) is 40.9 Å². The van der Waals surface area contributed by atoms with Crippen LogP contribution in [0, 0.1) is 5.92 Å². The van der Waals surface area contributed by atoms with Crippen molar-refractivity contribution in [2.24, 2.45) is 5.92 Å². The van der Waals surface area contributed by atoms with Gasteiger partial charge in [0.05, 0.1) is 24.7 Å². The highest BCUT2D eigenvalue weighted by molar-refractivity contribution is 7.99. The third kappa shape index (κ3) is 6.41. The molecule has 1 atom stereocenters. The number of carbonyl (C=O) groups is 2. The number of ether oxygens (including phenoxy) is 1. The van der Waals surface area contributed by atoms with E-state index in [1.165, 1.54) is 23.1 Å². The minimum absolute atomic E-state index is 0.0622. The fourth-order valence-corrected chi connectivity index (χ4v) is 5.16. The smallest absolute Gasteiger partial charge is 0.417 e. The third-order valence-corrected chi connectivity index (χ3v) is 7.01. The lowest BCUT2D eigenvalue weighted by molar-refractivity contribution is -0.215. The summed E-state index contributed by atoms with van der Waals surface area (Å²) in [5.41, 5.74) is 0.357. The Morgan fingerprint density at radius 1 is 1.22 bits per heavy atom. The number of nitrogens with zero attached hydrogens (tertiary/aromatic N) is 1. The third-order valence-electron chi connectivity index (χ3n) is 5.94. The molecule has 0 bridgehead atoms. The van der Waals surface area contributed by atoms with E-state index in [0.717, 1.165) is 23.4 Å². The molecule has 0 aliphatic carbocycles. The molecule has 0 aromatic heterocycles. The van der Waals surface area contributed by atoms with Crippen molar-refractivity contribution in [3.63, 3.8) is 0 Å². The Labute approximate surface area is 211 Å². The summed E-state index contributed by atoms with van der Waals surface area (Å²) in [6.45, 7) is 3.11. The highest BCUT2D eigenvalue weighted by Crippen LogP contribution is 2.41. The summed E-state index contributed by atoms with van der Waals surface area (Å²) >= 11 is 1.02. The summed E-state index contributed by atoms with van der Waals surface area (Å²) in [6.07, 6.45) is -0.0235. The van der Waals surface area contributed by atoms with Crippen LogP contribution < -0.4 is 4.89 Å². The molecule has 0 saturated carbocycles. The van der Waals surface area contributed by atoms with Gasteiger partial charge in [0.2, 0.25) is 5.91 Å². The molecule has 1 saturated heterocycles. The fraction of sp³-hybridized carbons (Fsp3) is 0.385. The standard InChI is InChI=1S/C26H26F3NO5S/c1-2-33-25(32)19-4-3-12-30(16-19)24(31)10-6-17-5-9-23(21(14-17)26(27,28)29)36-20-7-8-22-18(15-20)11-13-34-35-22/h5-10,14-15,19H,2-4,11-13,16H2,1H3. The van der Waals surface area contributed by atoms with E-state index in [2.05, 4.69) is 0 Å². The van der Waals surface area contributed by atoms with Crippen LogP contribution in [0.4, 0.5) is 13.2 Å². The summed E-state index contributed by atoms with van der Waals surface area (Å²) in [7, 11) is 0. The predicted molar refractivity (Wildman–Crippen MR) is 127 cm³/mol. The fourth-order valence-electron chi connectivity index (χ4n) is 4.14. The van der Waals surface area contributed by atoms with Crippen LogP contribution in [0.25, 0.3) is 6.08 Å². The molecule has 1 amide bonds. The second kappa shape index (κ2) is 11.4. The van der Waals surface area contributed by atoms with Crippen molar-refractivity contribution < 1.29 is 37.3 Å². The van der Waals surface area contributed by atoms with Crippen molar-refractivity contribution in [3.05, 3.63) is 59.2 Å².